The second-order valence-corrected chi connectivity index (χ2v) is 4.73. The van der Waals surface area contributed by atoms with E-state index < -0.39 is 0 Å². The Morgan fingerprint density at radius 3 is 2.47 bits per heavy atom. The number of rotatable bonds is 4. The van der Waals surface area contributed by atoms with E-state index in [0.717, 1.165) is 12.5 Å². The van der Waals surface area contributed by atoms with Crippen molar-refractivity contribution >= 4 is 0 Å². The predicted octanol–water partition coefficient (Wildman–Crippen LogP) is 2.27. The Morgan fingerprint density at radius 2 is 1.82 bits per heavy atom. The van der Waals surface area contributed by atoms with Gasteiger partial charge in [-0.05, 0) is 30.0 Å². The molecule has 1 fully saturated rings. The number of aromatic nitrogens is 2. The first-order valence-electron chi connectivity index (χ1n) is 6.16. The summed E-state index contributed by atoms with van der Waals surface area (Å²) in [6.45, 7) is 1.45. The van der Waals surface area contributed by atoms with Crippen LogP contribution < -0.4 is 5.73 Å². The van der Waals surface area contributed by atoms with Gasteiger partial charge in [-0.1, -0.05) is 24.3 Å². The Balaban J connectivity index is 1.71. The lowest BCUT2D eigenvalue weighted by Crippen LogP contribution is -2.02. The van der Waals surface area contributed by atoms with Gasteiger partial charge in [-0.25, -0.2) is 0 Å². The molecule has 0 aliphatic heterocycles. The highest BCUT2D eigenvalue weighted by Crippen LogP contribution is 2.38. The normalized spacial score (nSPS) is 15.1. The predicted molar refractivity (Wildman–Crippen MR) is 67.6 cm³/mol. The first-order chi connectivity index (χ1) is 8.35. The molecule has 3 heteroatoms. The number of nitrogens with two attached hydrogens (primary N) is 1. The van der Waals surface area contributed by atoms with Crippen LogP contribution in [-0.2, 0) is 13.1 Å². The van der Waals surface area contributed by atoms with Gasteiger partial charge in [0.25, 0.3) is 0 Å². The molecule has 2 N–H and O–H groups in total. The molecule has 1 aromatic heterocycles. The van der Waals surface area contributed by atoms with Crippen LogP contribution >= 0.6 is 0 Å². The largest absolute Gasteiger partial charge is 0.326 e. The zero-order valence-electron chi connectivity index (χ0n) is 9.84. The molecule has 3 rings (SSSR count). The molecule has 0 bridgehead atoms. The van der Waals surface area contributed by atoms with Crippen LogP contribution in [0.3, 0.4) is 0 Å². The summed E-state index contributed by atoms with van der Waals surface area (Å²) in [4.78, 5) is 0. The molecular formula is C14H17N3. The van der Waals surface area contributed by atoms with Crippen molar-refractivity contribution < 1.29 is 0 Å². The molecule has 88 valence electrons. The van der Waals surface area contributed by atoms with Crippen LogP contribution in [-0.4, -0.2) is 9.78 Å². The van der Waals surface area contributed by atoms with Crippen molar-refractivity contribution in [3.63, 3.8) is 0 Å². The maximum absolute atomic E-state index is 5.58. The summed E-state index contributed by atoms with van der Waals surface area (Å²) in [7, 11) is 0. The van der Waals surface area contributed by atoms with Crippen molar-refractivity contribution in [2.24, 2.45) is 5.73 Å². The summed E-state index contributed by atoms with van der Waals surface area (Å²) in [5.41, 5.74) is 9.28. The van der Waals surface area contributed by atoms with Crippen LogP contribution in [0.15, 0.2) is 36.5 Å². The Hall–Kier alpha value is -1.61. The smallest absolute Gasteiger partial charge is 0.0659 e. The van der Waals surface area contributed by atoms with Crippen LogP contribution in [0.4, 0.5) is 0 Å². The van der Waals surface area contributed by atoms with E-state index in [0.29, 0.717) is 6.54 Å². The van der Waals surface area contributed by atoms with Crippen molar-refractivity contribution in [1.29, 1.82) is 0 Å². The fourth-order valence-corrected chi connectivity index (χ4v) is 2.03. The SMILES string of the molecule is NCc1ccc(Cn2ccc(C3CC3)n2)cc1. The van der Waals surface area contributed by atoms with Crippen LogP contribution in [0, 0.1) is 0 Å². The Kier molecular flexibility index (Phi) is 2.69. The van der Waals surface area contributed by atoms with Crippen molar-refractivity contribution in [3.8, 4) is 0 Å². The molecule has 1 saturated carbocycles. The zero-order valence-corrected chi connectivity index (χ0v) is 9.84. The monoisotopic (exact) mass is 227 g/mol. The highest BCUT2D eigenvalue weighted by molar-refractivity contribution is 5.22. The van der Waals surface area contributed by atoms with Crippen LogP contribution in [0.25, 0.3) is 0 Å². The Labute approximate surface area is 101 Å². The van der Waals surface area contributed by atoms with Gasteiger partial charge in [-0.3, -0.25) is 4.68 Å². The molecule has 0 amide bonds. The fraction of sp³-hybridized carbons (Fsp3) is 0.357. The van der Waals surface area contributed by atoms with E-state index in [1.807, 2.05) is 4.68 Å². The molecule has 0 unspecified atom stereocenters. The third-order valence-electron chi connectivity index (χ3n) is 3.26. The fourth-order valence-electron chi connectivity index (χ4n) is 2.03. The topological polar surface area (TPSA) is 43.8 Å². The van der Waals surface area contributed by atoms with Gasteiger partial charge in [0.05, 0.1) is 12.2 Å². The number of benzene rings is 1. The van der Waals surface area contributed by atoms with Crippen molar-refractivity contribution in [2.45, 2.75) is 31.8 Å². The molecule has 1 heterocycles. The summed E-state index contributed by atoms with van der Waals surface area (Å²) < 4.78 is 2.02. The van der Waals surface area contributed by atoms with E-state index in [9.17, 15) is 0 Å². The molecule has 0 atom stereocenters. The molecule has 0 saturated heterocycles. The summed E-state index contributed by atoms with van der Waals surface area (Å²) in [6, 6.07) is 10.6. The Bertz CT molecular complexity index is 494. The van der Waals surface area contributed by atoms with Gasteiger partial charge in [0.1, 0.15) is 0 Å². The number of hydrogen-bond donors (Lipinski definition) is 1. The molecule has 0 spiro atoms. The summed E-state index contributed by atoms with van der Waals surface area (Å²) in [5, 5.41) is 4.60. The van der Waals surface area contributed by atoms with Gasteiger partial charge in [0.2, 0.25) is 0 Å². The summed E-state index contributed by atoms with van der Waals surface area (Å²) in [6.07, 6.45) is 4.69. The van der Waals surface area contributed by atoms with Gasteiger partial charge in [-0.15, -0.1) is 0 Å². The maximum Gasteiger partial charge on any atom is 0.0659 e. The minimum absolute atomic E-state index is 0.605. The third kappa shape index (κ3) is 2.39. The van der Waals surface area contributed by atoms with Crippen molar-refractivity contribution in [2.75, 3.05) is 0 Å². The van der Waals surface area contributed by atoms with E-state index in [-0.39, 0.29) is 0 Å². The average molecular weight is 227 g/mol. The lowest BCUT2D eigenvalue weighted by molar-refractivity contribution is 0.672. The molecule has 17 heavy (non-hydrogen) atoms. The van der Waals surface area contributed by atoms with Gasteiger partial charge < -0.3 is 5.73 Å². The standard InChI is InChI=1S/C14H17N3/c15-9-11-1-3-12(4-2-11)10-17-8-7-14(16-17)13-5-6-13/h1-4,7-8,13H,5-6,9-10,15H2. The molecule has 1 aromatic carbocycles. The molecule has 3 nitrogen and oxygen atoms in total. The second kappa shape index (κ2) is 4.34. The van der Waals surface area contributed by atoms with Gasteiger partial charge >= 0.3 is 0 Å². The first-order valence-corrected chi connectivity index (χ1v) is 6.16. The molecule has 1 aliphatic rings. The van der Waals surface area contributed by atoms with Crippen molar-refractivity contribution in [3.05, 3.63) is 53.3 Å². The minimum atomic E-state index is 0.605. The van der Waals surface area contributed by atoms with Gasteiger partial charge in [0.15, 0.2) is 0 Å². The molecular weight excluding hydrogens is 210 g/mol. The van der Waals surface area contributed by atoms with Crippen molar-refractivity contribution in [1.82, 2.24) is 9.78 Å². The van der Waals surface area contributed by atoms with Crippen LogP contribution in [0.1, 0.15) is 35.6 Å². The molecule has 0 radical (unpaired) electrons. The Morgan fingerprint density at radius 1 is 1.12 bits per heavy atom. The number of nitrogens with zero attached hydrogens (tertiary/aromatic N) is 2. The highest BCUT2D eigenvalue weighted by Gasteiger charge is 2.25. The lowest BCUT2D eigenvalue weighted by Gasteiger charge is -2.03. The highest BCUT2D eigenvalue weighted by atomic mass is 15.3. The second-order valence-electron chi connectivity index (χ2n) is 4.73. The molecule has 1 aliphatic carbocycles. The van der Waals surface area contributed by atoms with E-state index in [2.05, 4.69) is 41.6 Å². The van der Waals surface area contributed by atoms with E-state index in [4.69, 9.17) is 5.73 Å². The van der Waals surface area contributed by atoms with E-state index >= 15 is 0 Å². The van der Waals surface area contributed by atoms with E-state index in [1.54, 1.807) is 0 Å². The van der Waals surface area contributed by atoms with Gasteiger partial charge in [-0.2, -0.15) is 5.10 Å². The third-order valence-corrected chi connectivity index (χ3v) is 3.26. The first kappa shape index (κ1) is 10.5. The lowest BCUT2D eigenvalue weighted by atomic mass is 10.1. The summed E-state index contributed by atoms with van der Waals surface area (Å²) in [5.74, 6) is 0.732. The van der Waals surface area contributed by atoms with Crippen LogP contribution in [0.5, 0.6) is 0 Å². The zero-order chi connectivity index (χ0) is 11.7. The maximum atomic E-state index is 5.58. The van der Waals surface area contributed by atoms with Gasteiger partial charge in [0, 0.05) is 18.7 Å². The average Bonchev–Trinajstić information content (AvgIpc) is 3.12. The molecule has 2 aromatic rings. The number of hydrogen-bond acceptors (Lipinski definition) is 2. The quantitative estimate of drug-likeness (QED) is 0.870. The van der Waals surface area contributed by atoms with E-state index in [1.165, 1.54) is 29.7 Å². The van der Waals surface area contributed by atoms with Crippen LogP contribution in [0.2, 0.25) is 0 Å². The minimum Gasteiger partial charge on any atom is -0.326 e. The summed E-state index contributed by atoms with van der Waals surface area (Å²) >= 11 is 0.